The van der Waals surface area contributed by atoms with Crippen LogP contribution >= 0.6 is 11.5 Å². The summed E-state index contributed by atoms with van der Waals surface area (Å²) >= 11 is 1.26. The summed E-state index contributed by atoms with van der Waals surface area (Å²) < 4.78 is 4.02. The first kappa shape index (κ1) is 11.2. The Kier molecular flexibility index (Phi) is 3.00. The van der Waals surface area contributed by atoms with Crippen molar-refractivity contribution in [2.24, 2.45) is 11.7 Å². The number of nitrogens with zero attached hydrogens (tertiary/aromatic N) is 2. The molecule has 16 heavy (non-hydrogen) atoms. The number of hydrogen-bond acceptors (Lipinski definition) is 5. The highest BCUT2D eigenvalue weighted by Gasteiger charge is 2.24. The number of hydrogen-bond donors (Lipinski definition) is 2. The number of piperidine rings is 1. The molecule has 1 amide bonds. The molecule has 1 unspecified atom stereocenters. The first-order chi connectivity index (χ1) is 7.59. The number of amides is 1. The molecule has 0 spiro atoms. The first-order valence-electron chi connectivity index (χ1n) is 5.39. The maximum absolute atomic E-state index is 11.3. The smallest absolute Gasteiger partial charge is 0.255 e. The third-order valence-electron chi connectivity index (χ3n) is 2.89. The van der Waals surface area contributed by atoms with E-state index < -0.39 is 5.91 Å². The molecule has 1 saturated heterocycles. The second-order valence-corrected chi connectivity index (χ2v) is 5.06. The van der Waals surface area contributed by atoms with Crippen molar-refractivity contribution in [3.63, 3.8) is 0 Å². The number of carbonyl (C=O) groups excluding carboxylic acids is 1. The minimum Gasteiger partial charge on any atom is -0.382 e. The standard InChI is InChI=1S/C10H16N4OS/c1-6-3-2-4-14(5-6)10-7(9(12)15)8(11)13-16-10/h6H,2-5H2,1H3,(H2,11,13)(H2,12,15). The van der Waals surface area contributed by atoms with Crippen molar-refractivity contribution in [2.75, 3.05) is 23.7 Å². The van der Waals surface area contributed by atoms with E-state index in [0.29, 0.717) is 11.5 Å². The number of anilines is 2. The van der Waals surface area contributed by atoms with Gasteiger partial charge in [0, 0.05) is 13.1 Å². The molecule has 6 heteroatoms. The van der Waals surface area contributed by atoms with E-state index in [1.807, 2.05) is 0 Å². The third-order valence-corrected chi connectivity index (χ3v) is 3.81. The van der Waals surface area contributed by atoms with E-state index in [0.717, 1.165) is 24.5 Å². The molecular weight excluding hydrogens is 224 g/mol. The number of carbonyl (C=O) groups is 1. The summed E-state index contributed by atoms with van der Waals surface area (Å²) in [5.41, 5.74) is 11.4. The molecule has 0 aromatic carbocycles. The fourth-order valence-corrected chi connectivity index (χ4v) is 2.97. The fourth-order valence-electron chi connectivity index (χ4n) is 2.11. The van der Waals surface area contributed by atoms with E-state index in [2.05, 4.69) is 16.2 Å². The number of nitrogens with two attached hydrogens (primary N) is 2. The minimum absolute atomic E-state index is 0.255. The van der Waals surface area contributed by atoms with Gasteiger partial charge in [-0.2, -0.15) is 4.37 Å². The van der Waals surface area contributed by atoms with E-state index in [-0.39, 0.29) is 5.82 Å². The summed E-state index contributed by atoms with van der Waals surface area (Å²) in [5, 5.41) is 0.830. The van der Waals surface area contributed by atoms with Crippen LogP contribution in [0.5, 0.6) is 0 Å². The molecule has 2 rings (SSSR count). The molecule has 1 aliphatic heterocycles. The third kappa shape index (κ3) is 1.97. The molecule has 4 N–H and O–H groups in total. The molecule has 0 aliphatic carbocycles. The summed E-state index contributed by atoms with van der Waals surface area (Å²) in [6.07, 6.45) is 2.37. The molecule has 1 atom stereocenters. The van der Waals surface area contributed by atoms with Gasteiger partial charge in [-0.25, -0.2) is 0 Å². The van der Waals surface area contributed by atoms with Crippen LogP contribution in [-0.4, -0.2) is 23.4 Å². The average molecular weight is 240 g/mol. The Morgan fingerprint density at radius 3 is 3.00 bits per heavy atom. The zero-order valence-electron chi connectivity index (χ0n) is 9.27. The van der Waals surface area contributed by atoms with Gasteiger partial charge in [0.25, 0.3) is 5.91 Å². The quantitative estimate of drug-likeness (QED) is 0.809. The van der Waals surface area contributed by atoms with Crippen molar-refractivity contribution in [2.45, 2.75) is 19.8 Å². The molecular formula is C10H16N4OS. The Bertz CT molecular complexity index is 404. The largest absolute Gasteiger partial charge is 0.382 e. The van der Waals surface area contributed by atoms with Gasteiger partial charge in [0.05, 0.1) is 0 Å². The Hall–Kier alpha value is -1.30. The topological polar surface area (TPSA) is 85.2 Å². The van der Waals surface area contributed by atoms with Gasteiger partial charge in [-0.05, 0) is 30.3 Å². The summed E-state index contributed by atoms with van der Waals surface area (Å²) in [6.45, 7) is 4.11. The lowest BCUT2D eigenvalue weighted by atomic mass is 10.0. The second-order valence-electron chi connectivity index (χ2n) is 4.31. The summed E-state index contributed by atoms with van der Waals surface area (Å²) in [6, 6.07) is 0. The van der Waals surface area contributed by atoms with Gasteiger partial charge in [-0.15, -0.1) is 0 Å². The van der Waals surface area contributed by atoms with Crippen LogP contribution in [0.4, 0.5) is 10.8 Å². The van der Waals surface area contributed by atoms with Gasteiger partial charge in [0.2, 0.25) is 0 Å². The maximum Gasteiger partial charge on any atom is 0.255 e. The van der Waals surface area contributed by atoms with Gasteiger partial charge in [-0.1, -0.05) is 6.92 Å². The highest BCUT2D eigenvalue weighted by atomic mass is 32.1. The second kappa shape index (κ2) is 4.29. The molecule has 1 aliphatic rings. The molecule has 1 fully saturated rings. The van der Waals surface area contributed by atoms with E-state index in [1.54, 1.807) is 0 Å². The molecule has 0 bridgehead atoms. The molecule has 0 saturated carbocycles. The van der Waals surface area contributed by atoms with Gasteiger partial charge < -0.3 is 16.4 Å². The number of primary amides is 1. The Morgan fingerprint density at radius 2 is 2.38 bits per heavy atom. The summed E-state index contributed by atoms with van der Waals surface area (Å²) in [4.78, 5) is 13.5. The molecule has 2 heterocycles. The number of rotatable bonds is 2. The van der Waals surface area contributed by atoms with Crippen LogP contribution in [0.15, 0.2) is 0 Å². The van der Waals surface area contributed by atoms with Crippen molar-refractivity contribution in [1.82, 2.24) is 4.37 Å². The van der Waals surface area contributed by atoms with E-state index in [1.165, 1.54) is 18.0 Å². The number of nitrogen functional groups attached to an aromatic ring is 1. The predicted octanol–water partition coefficient (Wildman–Crippen LogP) is 1.06. The lowest BCUT2D eigenvalue weighted by molar-refractivity contribution is 0.100. The van der Waals surface area contributed by atoms with Gasteiger partial charge >= 0.3 is 0 Å². The van der Waals surface area contributed by atoms with E-state index in [4.69, 9.17) is 11.5 Å². The van der Waals surface area contributed by atoms with Crippen molar-refractivity contribution in [1.29, 1.82) is 0 Å². The van der Waals surface area contributed by atoms with Crippen LogP contribution in [0.2, 0.25) is 0 Å². The molecule has 88 valence electrons. The lowest BCUT2D eigenvalue weighted by Gasteiger charge is -2.31. The minimum atomic E-state index is -0.487. The zero-order valence-corrected chi connectivity index (χ0v) is 10.1. The molecule has 1 aromatic heterocycles. The van der Waals surface area contributed by atoms with Crippen molar-refractivity contribution < 1.29 is 4.79 Å². The molecule has 1 aromatic rings. The Balaban J connectivity index is 2.29. The first-order valence-corrected chi connectivity index (χ1v) is 6.17. The van der Waals surface area contributed by atoms with Crippen LogP contribution in [0.1, 0.15) is 30.1 Å². The summed E-state index contributed by atoms with van der Waals surface area (Å²) in [7, 11) is 0. The normalized spacial score (nSPS) is 21.1. The number of aromatic nitrogens is 1. The van der Waals surface area contributed by atoms with Crippen LogP contribution in [0.3, 0.4) is 0 Å². The molecule has 5 nitrogen and oxygen atoms in total. The van der Waals surface area contributed by atoms with Crippen LogP contribution in [0.25, 0.3) is 0 Å². The predicted molar refractivity (Wildman–Crippen MR) is 65.7 cm³/mol. The van der Waals surface area contributed by atoms with Crippen molar-refractivity contribution >= 4 is 28.3 Å². The Labute approximate surface area is 98.6 Å². The average Bonchev–Trinajstić information content (AvgIpc) is 2.60. The van der Waals surface area contributed by atoms with Crippen molar-refractivity contribution in [3.8, 4) is 0 Å². The zero-order chi connectivity index (χ0) is 11.7. The fraction of sp³-hybridized carbons (Fsp3) is 0.600. The van der Waals surface area contributed by atoms with Gasteiger partial charge in [0.1, 0.15) is 10.6 Å². The molecule has 0 radical (unpaired) electrons. The van der Waals surface area contributed by atoms with Crippen LogP contribution in [-0.2, 0) is 0 Å². The lowest BCUT2D eigenvalue weighted by Crippen LogP contribution is -2.35. The SMILES string of the molecule is CC1CCCN(c2snc(N)c2C(N)=O)C1. The Morgan fingerprint density at radius 1 is 1.62 bits per heavy atom. The summed E-state index contributed by atoms with van der Waals surface area (Å²) in [5.74, 6) is 0.406. The van der Waals surface area contributed by atoms with Crippen LogP contribution < -0.4 is 16.4 Å². The van der Waals surface area contributed by atoms with Gasteiger partial charge in [0.15, 0.2) is 5.82 Å². The maximum atomic E-state index is 11.3. The van der Waals surface area contributed by atoms with Crippen molar-refractivity contribution in [3.05, 3.63) is 5.56 Å². The monoisotopic (exact) mass is 240 g/mol. The van der Waals surface area contributed by atoms with E-state index in [9.17, 15) is 4.79 Å². The highest BCUT2D eigenvalue weighted by Crippen LogP contribution is 2.32. The van der Waals surface area contributed by atoms with Gasteiger partial charge in [-0.3, -0.25) is 4.79 Å². The highest BCUT2D eigenvalue weighted by molar-refractivity contribution is 7.11. The van der Waals surface area contributed by atoms with E-state index >= 15 is 0 Å². The van der Waals surface area contributed by atoms with Crippen LogP contribution in [0, 0.1) is 5.92 Å².